The summed E-state index contributed by atoms with van der Waals surface area (Å²) < 4.78 is 11.3. The molecule has 1 aliphatic rings. The molecule has 0 aliphatic carbocycles. The molecule has 2 aromatic carbocycles. The Morgan fingerprint density at radius 1 is 0.897 bits per heavy atom. The third-order valence-electron chi connectivity index (χ3n) is 4.75. The average molecular weight is 408 g/mol. The van der Waals surface area contributed by atoms with E-state index in [1.165, 1.54) is 17.3 Å². The van der Waals surface area contributed by atoms with Crippen molar-refractivity contribution < 1.29 is 9.47 Å². The topological polar surface area (TPSA) is 56.3 Å². The number of benzene rings is 2. The van der Waals surface area contributed by atoms with E-state index in [9.17, 15) is 0 Å². The number of nitrogens with zero attached hydrogens (tertiary/aromatic N) is 2. The fraction of sp³-hybridized carbons (Fsp3) is 0.304. The van der Waals surface area contributed by atoms with Gasteiger partial charge in [-0.25, -0.2) is 9.97 Å². The van der Waals surface area contributed by atoms with E-state index in [1.807, 2.05) is 30.5 Å². The van der Waals surface area contributed by atoms with E-state index in [0.717, 1.165) is 39.4 Å². The molecule has 0 bridgehead atoms. The molecule has 1 aliphatic heterocycles. The van der Waals surface area contributed by atoms with Gasteiger partial charge in [-0.2, -0.15) is 0 Å². The number of hydrogen-bond acceptors (Lipinski definition) is 6. The van der Waals surface area contributed by atoms with Gasteiger partial charge in [-0.3, -0.25) is 0 Å². The Morgan fingerprint density at radius 3 is 2.31 bits per heavy atom. The maximum Gasteiger partial charge on any atom is 0.189 e. The van der Waals surface area contributed by atoms with Gasteiger partial charge in [-0.1, -0.05) is 56.8 Å². The molecule has 1 aromatic heterocycles. The molecule has 1 N–H and O–H groups in total. The highest BCUT2D eigenvalue weighted by Gasteiger charge is 2.15. The first-order chi connectivity index (χ1) is 13.9. The Bertz CT molecular complexity index is 1010. The Balaban J connectivity index is 1.63. The smallest absolute Gasteiger partial charge is 0.189 e. The Labute approximate surface area is 175 Å². The number of thioether (sulfide) groups is 1. The van der Waals surface area contributed by atoms with Crippen molar-refractivity contribution in [1.29, 1.82) is 0 Å². The standard InChI is InChI=1S/C23H25N3O2S/c1-23(2,3)16-7-5-15(6-8-16)18-14-21(26-22(25-18)29-4)24-17-9-10-19-20(13-17)28-12-11-27-19/h5-10,13-14H,11-12H2,1-4H3,(H,24,25,26). The first-order valence-electron chi connectivity index (χ1n) is 9.63. The Kier molecular flexibility index (Phi) is 5.37. The molecule has 0 atom stereocenters. The van der Waals surface area contributed by atoms with Crippen molar-refractivity contribution in [3.63, 3.8) is 0 Å². The fourth-order valence-corrected chi connectivity index (χ4v) is 3.52. The molecule has 3 aromatic rings. The van der Waals surface area contributed by atoms with E-state index < -0.39 is 0 Å². The van der Waals surface area contributed by atoms with Gasteiger partial charge in [0, 0.05) is 23.4 Å². The summed E-state index contributed by atoms with van der Waals surface area (Å²) in [7, 11) is 0. The SMILES string of the molecule is CSc1nc(Nc2ccc3c(c2)OCCO3)cc(-c2ccc(C(C)(C)C)cc2)n1. The molecular weight excluding hydrogens is 382 g/mol. The van der Waals surface area contributed by atoms with Crippen molar-refractivity contribution in [2.24, 2.45) is 0 Å². The molecule has 4 rings (SSSR count). The zero-order valence-electron chi connectivity index (χ0n) is 17.2. The third-order valence-corrected chi connectivity index (χ3v) is 5.30. The van der Waals surface area contributed by atoms with E-state index in [4.69, 9.17) is 14.5 Å². The van der Waals surface area contributed by atoms with E-state index in [2.05, 4.69) is 55.3 Å². The van der Waals surface area contributed by atoms with Gasteiger partial charge in [0.1, 0.15) is 19.0 Å². The summed E-state index contributed by atoms with van der Waals surface area (Å²) in [5, 5.41) is 4.10. The Hall–Kier alpha value is -2.73. The van der Waals surface area contributed by atoms with Crippen molar-refractivity contribution in [3.05, 3.63) is 54.1 Å². The maximum atomic E-state index is 5.68. The highest BCUT2D eigenvalue weighted by atomic mass is 32.2. The van der Waals surface area contributed by atoms with Gasteiger partial charge < -0.3 is 14.8 Å². The number of ether oxygens (including phenoxy) is 2. The minimum absolute atomic E-state index is 0.125. The number of nitrogens with one attached hydrogen (secondary N) is 1. The van der Waals surface area contributed by atoms with E-state index in [-0.39, 0.29) is 5.41 Å². The van der Waals surface area contributed by atoms with Crippen molar-refractivity contribution in [1.82, 2.24) is 9.97 Å². The molecule has 150 valence electrons. The minimum atomic E-state index is 0.125. The molecule has 0 unspecified atom stereocenters. The van der Waals surface area contributed by atoms with Crippen molar-refractivity contribution in [3.8, 4) is 22.8 Å². The van der Waals surface area contributed by atoms with Crippen LogP contribution >= 0.6 is 11.8 Å². The zero-order valence-corrected chi connectivity index (χ0v) is 18.0. The lowest BCUT2D eigenvalue weighted by Gasteiger charge is -2.19. The van der Waals surface area contributed by atoms with Crippen LogP contribution in [0, 0.1) is 0 Å². The lowest BCUT2D eigenvalue weighted by Crippen LogP contribution is -2.15. The quantitative estimate of drug-likeness (QED) is 0.444. The van der Waals surface area contributed by atoms with Crippen molar-refractivity contribution >= 4 is 23.3 Å². The number of aromatic nitrogens is 2. The summed E-state index contributed by atoms with van der Waals surface area (Å²) in [5.41, 5.74) is 4.29. The van der Waals surface area contributed by atoms with Crippen LogP contribution in [-0.2, 0) is 5.41 Å². The molecule has 29 heavy (non-hydrogen) atoms. The molecule has 0 spiro atoms. The largest absolute Gasteiger partial charge is 0.486 e. The number of rotatable bonds is 4. The predicted octanol–water partition coefficient (Wildman–Crippen LogP) is 5.68. The van der Waals surface area contributed by atoms with Crippen LogP contribution in [0.5, 0.6) is 11.5 Å². The summed E-state index contributed by atoms with van der Waals surface area (Å²) in [4.78, 5) is 9.30. The van der Waals surface area contributed by atoms with Gasteiger partial charge in [0.15, 0.2) is 16.7 Å². The molecular formula is C23H25N3O2S. The molecule has 0 radical (unpaired) electrons. The van der Waals surface area contributed by atoms with Crippen LogP contribution < -0.4 is 14.8 Å². The van der Waals surface area contributed by atoms with Crippen LogP contribution in [0.2, 0.25) is 0 Å². The van der Waals surface area contributed by atoms with Gasteiger partial charge in [-0.15, -0.1) is 0 Å². The molecule has 0 saturated heterocycles. The zero-order chi connectivity index (χ0) is 20.4. The van der Waals surface area contributed by atoms with Crippen LogP contribution in [0.25, 0.3) is 11.3 Å². The molecule has 0 fully saturated rings. The van der Waals surface area contributed by atoms with Gasteiger partial charge >= 0.3 is 0 Å². The minimum Gasteiger partial charge on any atom is -0.486 e. The van der Waals surface area contributed by atoms with Crippen LogP contribution in [0.4, 0.5) is 11.5 Å². The fourth-order valence-electron chi connectivity index (χ4n) is 3.14. The monoisotopic (exact) mass is 407 g/mol. The summed E-state index contributed by atoms with van der Waals surface area (Å²) >= 11 is 1.53. The Morgan fingerprint density at radius 2 is 1.62 bits per heavy atom. The number of fused-ring (bicyclic) bond motifs is 1. The maximum absolute atomic E-state index is 5.68. The number of hydrogen-bond donors (Lipinski definition) is 1. The highest BCUT2D eigenvalue weighted by molar-refractivity contribution is 7.98. The summed E-state index contributed by atoms with van der Waals surface area (Å²) in [5.74, 6) is 2.27. The highest BCUT2D eigenvalue weighted by Crippen LogP contribution is 2.34. The molecule has 5 nitrogen and oxygen atoms in total. The van der Waals surface area contributed by atoms with Crippen LogP contribution in [-0.4, -0.2) is 29.4 Å². The third kappa shape index (κ3) is 4.48. The first kappa shape index (κ1) is 19.6. The predicted molar refractivity (Wildman–Crippen MR) is 119 cm³/mol. The van der Waals surface area contributed by atoms with Gasteiger partial charge in [0.2, 0.25) is 0 Å². The van der Waals surface area contributed by atoms with Gasteiger partial charge in [0.25, 0.3) is 0 Å². The van der Waals surface area contributed by atoms with Crippen LogP contribution in [0.15, 0.2) is 53.7 Å². The molecule has 0 saturated carbocycles. The average Bonchev–Trinajstić information content (AvgIpc) is 2.73. The lowest BCUT2D eigenvalue weighted by atomic mass is 9.86. The van der Waals surface area contributed by atoms with Crippen LogP contribution in [0.3, 0.4) is 0 Å². The van der Waals surface area contributed by atoms with Crippen LogP contribution in [0.1, 0.15) is 26.3 Å². The van der Waals surface area contributed by atoms with Crippen molar-refractivity contribution in [2.75, 3.05) is 24.8 Å². The molecule has 2 heterocycles. The molecule has 6 heteroatoms. The summed E-state index contributed by atoms with van der Waals surface area (Å²) in [6.45, 7) is 7.80. The second-order valence-electron chi connectivity index (χ2n) is 7.94. The van der Waals surface area contributed by atoms with Gasteiger partial charge in [-0.05, 0) is 29.4 Å². The van der Waals surface area contributed by atoms with E-state index in [0.29, 0.717) is 13.2 Å². The van der Waals surface area contributed by atoms with E-state index >= 15 is 0 Å². The second kappa shape index (κ2) is 7.95. The second-order valence-corrected chi connectivity index (χ2v) is 8.71. The van der Waals surface area contributed by atoms with E-state index in [1.54, 1.807) is 0 Å². The molecule has 0 amide bonds. The normalized spacial score (nSPS) is 13.2. The van der Waals surface area contributed by atoms with Gasteiger partial charge in [0.05, 0.1) is 5.69 Å². The summed E-state index contributed by atoms with van der Waals surface area (Å²) in [6.07, 6.45) is 1.98. The number of anilines is 2. The van der Waals surface area contributed by atoms with Crippen molar-refractivity contribution in [2.45, 2.75) is 31.3 Å². The summed E-state index contributed by atoms with van der Waals surface area (Å²) in [6, 6.07) is 16.4. The first-order valence-corrected chi connectivity index (χ1v) is 10.9. The lowest BCUT2D eigenvalue weighted by molar-refractivity contribution is 0.171.